The van der Waals surface area contributed by atoms with Crippen molar-refractivity contribution in [3.8, 4) is 11.5 Å². The number of nitrogens with zero attached hydrogens (tertiary/aromatic N) is 2. The minimum atomic E-state index is -3.34. The molecule has 0 bridgehead atoms. The molecule has 3 aromatic rings. The Morgan fingerprint density at radius 1 is 1.11 bits per heavy atom. The van der Waals surface area contributed by atoms with Crippen molar-refractivity contribution in [1.29, 1.82) is 0 Å². The van der Waals surface area contributed by atoms with E-state index >= 15 is 0 Å². The van der Waals surface area contributed by atoms with Crippen LogP contribution >= 0.6 is 11.8 Å². The second kappa shape index (κ2) is 8.15. The highest BCUT2D eigenvalue weighted by molar-refractivity contribution is 7.99. The van der Waals surface area contributed by atoms with Crippen LogP contribution in [0.15, 0.2) is 57.0 Å². The summed E-state index contributed by atoms with van der Waals surface area (Å²) in [7, 11) is -3.34. The first kappa shape index (κ1) is 20.1. The molecule has 0 spiro atoms. The number of rotatable bonds is 6. The Labute approximate surface area is 167 Å². The Bertz CT molecular complexity index is 1100. The molecule has 0 unspecified atom stereocenters. The van der Waals surface area contributed by atoms with Crippen molar-refractivity contribution < 1.29 is 17.6 Å². The van der Waals surface area contributed by atoms with Gasteiger partial charge in [0, 0.05) is 17.5 Å². The summed E-state index contributed by atoms with van der Waals surface area (Å²) in [5, 5.41) is 10.9. The molecule has 28 heavy (non-hydrogen) atoms. The highest BCUT2D eigenvalue weighted by atomic mass is 32.2. The average molecular weight is 418 g/mol. The first-order valence-electron chi connectivity index (χ1n) is 8.36. The van der Waals surface area contributed by atoms with Gasteiger partial charge in [-0.3, -0.25) is 4.79 Å². The van der Waals surface area contributed by atoms with Gasteiger partial charge < -0.3 is 9.73 Å². The van der Waals surface area contributed by atoms with Crippen LogP contribution in [0.3, 0.4) is 0 Å². The highest BCUT2D eigenvalue weighted by Crippen LogP contribution is 2.25. The molecule has 0 saturated carbocycles. The van der Waals surface area contributed by atoms with Crippen molar-refractivity contribution in [2.75, 3.05) is 17.3 Å². The van der Waals surface area contributed by atoms with Crippen LogP contribution in [0.25, 0.3) is 11.5 Å². The lowest BCUT2D eigenvalue weighted by atomic mass is 10.1. The topological polar surface area (TPSA) is 102 Å². The van der Waals surface area contributed by atoms with E-state index in [4.69, 9.17) is 4.42 Å². The predicted molar refractivity (Wildman–Crippen MR) is 108 cm³/mol. The maximum atomic E-state index is 12.1. The van der Waals surface area contributed by atoms with E-state index < -0.39 is 9.84 Å². The number of aromatic nitrogens is 2. The summed E-state index contributed by atoms with van der Waals surface area (Å²) in [6.45, 7) is 3.98. The second-order valence-corrected chi connectivity index (χ2v) is 9.33. The van der Waals surface area contributed by atoms with Gasteiger partial charge >= 0.3 is 0 Å². The molecule has 1 amide bonds. The number of benzene rings is 2. The molecule has 0 radical (unpaired) electrons. The van der Waals surface area contributed by atoms with Gasteiger partial charge in [-0.25, -0.2) is 8.42 Å². The van der Waals surface area contributed by atoms with Crippen LogP contribution in [-0.2, 0) is 14.6 Å². The lowest BCUT2D eigenvalue weighted by molar-refractivity contribution is -0.113. The SMILES string of the molecule is Cc1cc(C)cc(-c2nnc(SCC(=O)Nc3cccc(S(C)(=O)=O)c3)o2)c1. The number of thioether (sulfide) groups is 1. The molecule has 3 rings (SSSR count). The molecule has 1 aromatic heterocycles. The van der Waals surface area contributed by atoms with Crippen LogP contribution in [0.4, 0.5) is 5.69 Å². The fourth-order valence-corrected chi connectivity index (χ4v) is 3.84. The quantitative estimate of drug-likeness (QED) is 0.613. The number of aryl methyl sites for hydroxylation is 2. The number of anilines is 1. The Balaban J connectivity index is 1.62. The first-order chi connectivity index (χ1) is 13.2. The molecule has 9 heteroatoms. The van der Waals surface area contributed by atoms with Crippen LogP contribution in [0.5, 0.6) is 0 Å². The number of hydrogen-bond donors (Lipinski definition) is 1. The minimum absolute atomic E-state index is 0.0532. The maximum Gasteiger partial charge on any atom is 0.277 e. The summed E-state index contributed by atoms with van der Waals surface area (Å²) < 4.78 is 28.8. The number of nitrogens with one attached hydrogen (secondary N) is 1. The van der Waals surface area contributed by atoms with E-state index in [1.54, 1.807) is 12.1 Å². The zero-order valence-corrected chi connectivity index (χ0v) is 17.2. The van der Waals surface area contributed by atoms with Crippen LogP contribution in [0.1, 0.15) is 11.1 Å². The number of carbonyl (C=O) groups excluding carboxylic acids is 1. The Hall–Kier alpha value is -2.65. The molecule has 0 aliphatic carbocycles. The maximum absolute atomic E-state index is 12.1. The van der Waals surface area contributed by atoms with Gasteiger partial charge in [0.15, 0.2) is 9.84 Å². The smallest absolute Gasteiger partial charge is 0.277 e. The molecule has 7 nitrogen and oxygen atoms in total. The van der Waals surface area contributed by atoms with Crippen molar-refractivity contribution in [3.05, 3.63) is 53.6 Å². The van der Waals surface area contributed by atoms with E-state index in [2.05, 4.69) is 21.6 Å². The second-order valence-electron chi connectivity index (χ2n) is 6.39. The zero-order chi connectivity index (χ0) is 20.3. The van der Waals surface area contributed by atoms with Crippen LogP contribution in [-0.4, -0.2) is 36.5 Å². The molecule has 0 fully saturated rings. The fraction of sp³-hybridized carbons (Fsp3) is 0.211. The van der Waals surface area contributed by atoms with E-state index in [0.29, 0.717) is 11.6 Å². The van der Waals surface area contributed by atoms with Crippen molar-refractivity contribution >= 4 is 33.2 Å². The van der Waals surface area contributed by atoms with Crippen molar-refractivity contribution in [3.63, 3.8) is 0 Å². The minimum Gasteiger partial charge on any atom is -0.411 e. The normalized spacial score (nSPS) is 11.4. The number of amides is 1. The van der Waals surface area contributed by atoms with E-state index in [1.165, 1.54) is 12.1 Å². The van der Waals surface area contributed by atoms with Gasteiger partial charge in [-0.05, 0) is 44.2 Å². The molecule has 1 heterocycles. The van der Waals surface area contributed by atoms with Gasteiger partial charge in [-0.15, -0.1) is 10.2 Å². The van der Waals surface area contributed by atoms with Gasteiger partial charge in [-0.1, -0.05) is 35.0 Å². The Morgan fingerprint density at radius 3 is 2.50 bits per heavy atom. The lowest BCUT2D eigenvalue weighted by Crippen LogP contribution is -2.14. The van der Waals surface area contributed by atoms with Crippen molar-refractivity contribution in [2.45, 2.75) is 24.0 Å². The standard InChI is InChI=1S/C19H19N3O4S2/c1-12-7-13(2)9-14(8-12)18-21-22-19(26-18)27-11-17(23)20-15-5-4-6-16(10-15)28(3,24)25/h4-10H,11H2,1-3H3,(H,20,23). The van der Waals surface area contributed by atoms with E-state index in [9.17, 15) is 13.2 Å². The van der Waals surface area contributed by atoms with E-state index in [0.717, 1.165) is 34.7 Å². The fourth-order valence-electron chi connectivity index (χ4n) is 2.61. The molecule has 0 aliphatic heterocycles. The summed E-state index contributed by atoms with van der Waals surface area (Å²) in [4.78, 5) is 12.3. The van der Waals surface area contributed by atoms with E-state index in [1.807, 2.05) is 26.0 Å². The molecule has 0 aliphatic rings. The third-order valence-electron chi connectivity index (χ3n) is 3.75. The van der Waals surface area contributed by atoms with Gasteiger partial charge in [0.25, 0.3) is 5.22 Å². The van der Waals surface area contributed by atoms with Crippen LogP contribution in [0.2, 0.25) is 0 Å². The van der Waals surface area contributed by atoms with Gasteiger partial charge in [0.05, 0.1) is 10.6 Å². The summed E-state index contributed by atoms with van der Waals surface area (Å²) in [5.74, 6) is 0.148. The Morgan fingerprint density at radius 2 is 1.82 bits per heavy atom. The summed E-state index contributed by atoms with van der Waals surface area (Å²) in [6, 6.07) is 12.1. The predicted octanol–water partition coefficient (Wildman–Crippen LogP) is 3.49. The van der Waals surface area contributed by atoms with Crippen LogP contribution in [0, 0.1) is 13.8 Å². The molecule has 0 saturated heterocycles. The monoisotopic (exact) mass is 417 g/mol. The molecular formula is C19H19N3O4S2. The zero-order valence-electron chi connectivity index (χ0n) is 15.6. The third-order valence-corrected chi connectivity index (χ3v) is 5.68. The summed E-state index contributed by atoms with van der Waals surface area (Å²) in [5.41, 5.74) is 3.44. The van der Waals surface area contributed by atoms with Gasteiger partial charge in [0.1, 0.15) is 0 Å². The highest BCUT2D eigenvalue weighted by Gasteiger charge is 2.13. The summed E-state index contributed by atoms with van der Waals surface area (Å²) in [6.07, 6.45) is 1.12. The Kier molecular flexibility index (Phi) is 5.85. The molecule has 0 atom stereocenters. The van der Waals surface area contributed by atoms with E-state index in [-0.39, 0.29) is 21.8 Å². The van der Waals surface area contributed by atoms with Crippen molar-refractivity contribution in [1.82, 2.24) is 10.2 Å². The largest absolute Gasteiger partial charge is 0.411 e. The number of hydrogen-bond acceptors (Lipinski definition) is 7. The molecule has 1 N–H and O–H groups in total. The van der Waals surface area contributed by atoms with Gasteiger partial charge in [0.2, 0.25) is 11.8 Å². The number of carbonyl (C=O) groups is 1. The number of sulfone groups is 1. The third kappa shape index (κ3) is 5.20. The molecular weight excluding hydrogens is 398 g/mol. The summed E-state index contributed by atoms with van der Waals surface area (Å²) >= 11 is 1.11. The lowest BCUT2D eigenvalue weighted by Gasteiger charge is -2.05. The van der Waals surface area contributed by atoms with Crippen molar-refractivity contribution in [2.24, 2.45) is 0 Å². The molecule has 2 aromatic carbocycles. The van der Waals surface area contributed by atoms with Crippen LogP contribution < -0.4 is 5.32 Å². The average Bonchev–Trinajstić information content (AvgIpc) is 3.08. The first-order valence-corrected chi connectivity index (χ1v) is 11.2. The van der Waals surface area contributed by atoms with Gasteiger partial charge in [-0.2, -0.15) is 0 Å². The molecule has 146 valence electrons.